The summed E-state index contributed by atoms with van der Waals surface area (Å²) in [6.45, 7) is 35.9. The molecule has 1 amide bonds. The summed E-state index contributed by atoms with van der Waals surface area (Å²) in [4.78, 5) is 30.4. The summed E-state index contributed by atoms with van der Waals surface area (Å²) in [5.74, 6) is 0.837. The molecule has 0 saturated carbocycles. The molecule has 4 fully saturated rings. The number of carbonyl (C=O) groups excluding carboxylic acids is 3. The van der Waals surface area contributed by atoms with E-state index in [0.717, 1.165) is 25.7 Å². The Kier molecular flexibility index (Phi) is 20.3. The van der Waals surface area contributed by atoms with E-state index in [-0.39, 0.29) is 82.4 Å². The number of hydrogen-bond donors (Lipinski definition) is 2. The fraction of sp³-hybridized carbons (Fsp3) is 0.925. The molecular weight excluding hydrogens is 1200 g/mol. The van der Waals surface area contributed by atoms with Gasteiger partial charge in [-0.15, -0.1) is 0 Å². The van der Waals surface area contributed by atoms with Gasteiger partial charge in [0.05, 0.1) is 52.4 Å². The number of aliphatic hydroxyl groups excluding tert-OH is 1. The molecule has 4 saturated heterocycles. The SMILES string of the molecule is CCC1(C)OC(C)C(=O)C1C.CCC1(C)OC(C)C(C)(O)C1C.CCC1(C)OC(C)C(C)(OC([NH-])=O)C1C.CCC1(C)OC(C)C(O)C1C.[N-]=C=O.[Rf].[Rf]. The van der Waals surface area contributed by atoms with E-state index in [2.05, 4.69) is 55.4 Å². The van der Waals surface area contributed by atoms with Crippen molar-refractivity contribution in [3.63, 3.8) is 0 Å². The maximum Gasteiger partial charge on any atom is 0.227 e. The number of ether oxygens (including phenoxy) is 5. The van der Waals surface area contributed by atoms with Crippen LogP contribution in [0, 0.1) is 23.7 Å². The Labute approximate surface area is 315 Å². The van der Waals surface area contributed by atoms with Gasteiger partial charge in [0.15, 0.2) is 5.78 Å². The molecule has 0 radical (unpaired) electrons. The average Bonchev–Trinajstić information content (AvgIpc) is 3.55. The number of ketones is 1. The first-order chi connectivity index (χ1) is 23.5. The van der Waals surface area contributed by atoms with Crippen LogP contribution >= 0.6 is 0 Å². The Morgan fingerprint density at radius 3 is 1.33 bits per heavy atom. The number of amides is 1. The van der Waals surface area contributed by atoms with Crippen LogP contribution in [0.2, 0.25) is 0 Å². The largest absolute Gasteiger partial charge is 0.724 e. The number of nitrogens with one attached hydrogen (secondary N) is 1. The zero-order chi connectivity index (χ0) is 41.4. The molecule has 4 rings (SSSR count). The van der Waals surface area contributed by atoms with E-state index < -0.39 is 17.3 Å². The molecule has 3 N–H and O–H groups in total. The van der Waals surface area contributed by atoms with Crippen molar-refractivity contribution in [2.24, 2.45) is 23.7 Å². The van der Waals surface area contributed by atoms with Gasteiger partial charge in [0.2, 0.25) is 6.09 Å². The number of Topliss-reactive ketones (excluding diaryl/α,β-unsaturated/α-hetero) is 1. The van der Waals surface area contributed by atoms with Crippen molar-refractivity contribution in [2.45, 2.75) is 214 Å². The van der Waals surface area contributed by atoms with Crippen LogP contribution in [0.15, 0.2) is 0 Å². The second-order valence-electron chi connectivity index (χ2n) is 16.5. The summed E-state index contributed by atoms with van der Waals surface area (Å²) in [6.07, 6.45) is 2.48. The molecule has 12 nitrogen and oxygen atoms in total. The Bertz CT molecular complexity index is 1210. The maximum absolute atomic E-state index is 11.4. The van der Waals surface area contributed by atoms with E-state index in [1.165, 1.54) is 0 Å². The Balaban J connectivity index is -0.000000623. The van der Waals surface area contributed by atoms with Gasteiger partial charge in [-0.05, 0) is 101 Å². The number of rotatable bonds is 5. The van der Waals surface area contributed by atoms with Crippen LogP contribution in [0.5, 0.6) is 0 Å². The number of aliphatic hydroxyl groups is 2. The zero-order valence-corrected chi connectivity index (χ0v) is 49.8. The second-order valence-corrected chi connectivity index (χ2v) is 16.5. The summed E-state index contributed by atoms with van der Waals surface area (Å²) >= 11 is 0. The first-order valence-corrected chi connectivity index (χ1v) is 19.2. The van der Waals surface area contributed by atoms with Crippen molar-refractivity contribution in [1.82, 2.24) is 0 Å². The zero-order valence-electron chi connectivity index (χ0n) is 37.0. The summed E-state index contributed by atoms with van der Waals surface area (Å²) < 4.78 is 28.0. The van der Waals surface area contributed by atoms with Crippen molar-refractivity contribution in [3.05, 3.63) is 11.1 Å². The Morgan fingerprint density at radius 1 is 0.741 bits per heavy atom. The van der Waals surface area contributed by atoms with Crippen LogP contribution in [-0.2, 0) is 33.3 Å². The minimum Gasteiger partial charge on any atom is -0.724 e. The van der Waals surface area contributed by atoms with Crippen LogP contribution < -0.4 is 0 Å². The average molecular weight is 1280 g/mol. The quantitative estimate of drug-likeness (QED) is 0.200. The molecule has 15 unspecified atom stereocenters. The van der Waals surface area contributed by atoms with Crippen molar-refractivity contribution in [1.29, 1.82) is 0 Å². The van der Waals surface area contributed by atoms with Crippen LogP contribution in [0.4, 0.5) is 4.79 Å². The molecule has 54 heavy (non-hydrogen) atoms. The van der Waals surface area contributed by atoms with E-state index in [1.807, 2.05) is 69.2 Å². The molecular formula is C40H74N2O10Rf2-2. The fourth-order valence-electron chi connectivity index (χ4n) is 7.71. The van der Waals surface area contributed by atoms with Crippen molar-refractivity contribution in [2.75, 3.05) is 0 Å². The van der Waals surface area contributed by atoms with Gasteiger partial charge in [-0.3, -0.25) is 14.4 Å². The van der Waals surface area contributed by atoms with E-state index in [4.69, 9.17) is 39.6 Å². The predicted octanol–water partition coefficient (Wildman–Crippen LogP) is 8.36. The molecule has 0 aromatic rings. The van der Waals surface area contributed by atoms with Crippen LogP contribution in [-0.4, -0.2) is 92.3 Å². The third-order valence-corrected chi connectivity index (χ3v) is 13.8. The smallest absolute Gasteiger partial charge is 0.227 e. The molecule has 0 aromatic heterocycles. The molecule has 15 atom stereocenters. The standard InChI is InChI=1S/C11H21NO3.C10H20O2.C9H18O2.C9H16O2.CNO.2Rf/c1-6-10(4)7(2)11(5,8(3)14-10)15-9(12)13;1-6-9(4)7(2)10(5,11)8(3)12-9;2*1-5-9(4)6(2)8(10)7(3)11-9;2-1-3;;/h7-8H,6H2,1-5H3,(H2,12,13);7-8,11H,6H2,1-5H3;6-8,10H,5H2,1-4H3;6-7H,5H2,1-4H3;;;/q;;;;-1;;/p-1. The van der Waals surface area contributed by atoms with Gasteiger partial charge >= 0.3 is 0 Å². The van der Waals surface area contributed by atoms with E-state index >= 15 is 0 Å². The molecule has 4 heterocycles. The third kappa shape index (κ3) is 11.3. The van der Waals surface area contributed by atoms with Gasteiger partial charge in [-0.1, -0.05) is 55.4 Å². The van der Waals surface area contributed by atoms with E-state index in [1.54, 1.807) is 0 Å². The van der Waals surface area contributed by atoms with Crippen molar-refractivity contribution < 1.29 is 48.3 Å². The fourth-order valence-corrected chi connectivity index (χ4v) is 7.71. The number of hydrogen-bond acceptors (Lipinski definition) is 10. The minimum atomic E-state index is -0.986. The van der Waals surface area contributed by atoms with Crippen molar-refractivity contribution >= 4 is 18.0 Å². The number of isocyanates is 1. The molecule has 4 aliphatic heterocycles. The van der Waals surface area contributed by atoms with Gasteiger partial charge in [0.1, 0.15) is 11.7 Å². The van der Waals surface area contributed by atoms with E-state index in [9.17, 15) is 19.8 Å². The molecule has 310 valence electrons. The molecule has 0 aliphatic carbocycles. The second kappa shape index (κ2) is 20.1. The molecule has 14 heteroatoms. The molecule has 0 bridgehead atoms. The molecule has 4 aliphatic rings. The Morgan fingerprint density at radius 2 is 1.13 bits per heavy atom. The van der Waals surface area contributed by atoms with Crippen LogP contribution in [0.3, 0.4) is 0 Å². The summed E-state index contributed by atoms with van der Waals surface area (Å²) in [5.41, 5.74) is 4.80. The first-order valence-electron chi connectivity index (χ1n) is 19.2. The summed E-state index contributed by atoms with van der Waals surface area (Å²) in [7, 11) is 0. The topological polar surface area (TPSA) is 184 Å². The third-order valence-electron chi connectivity index (χ3n) is 13.8. The van der Waals surface area contributed by atoms with Gasteiger partial charge < -0.3 is 45.0 Å². The maximum atomic E-state index is 11.4. The van der Waals surface area contributed by atoms with Crippen molar-refractivity contribution in [3.8, 4) is 0 Å². The molecule has 0 spiro atoms. The van der Waals surface area contributed by atoms with Gasteiger partial charge in [-0.2, -0.15) is 0 Å². The summed E-state index contributed by atoms with van der Waals surface area (Å²) in [5, 5.41) is 26.4. The monoisotopic (exact) mass is 1280 g/mol. The number of nitrogens with zero attached hydrogens (tertiary/aromatic N) is 1. The first kappa shape index (κ1) is 54.4. The summed E-state index contributed by atoms with van der Waals surface area (Å²) in [6, 6.07) is 0. The van der Waals surface area contributed by atoms with E-state index in [0.29, 0.717) is 6.08 Å². The van der Waals surface area contributed by atoms with Gasteiger partial charge in [-0.25, -0.2) is 0 Å². The Hall–Kier alpha value is -3.92. The van der Waals surface area contributed by atoms with Gasteiger partial charge in [0, 0.05) is 23.7 Å². The predicted molar refractivity (Wildman–Crippen MR) is 204 cm³/mol. The van der Waals surface area contributed by atoms with Crippen LogP contribution in [0.25, 0.3) is 11.1 Å². The molecule has 0 aromatic carbocycles. The minimum absolute atomic E-state index is 0. The van der Waals surface area contributed by atoms with Gasteiger partial charge in [0.25, 0.3) is 0 Å². The normalized spacial score (nSPS) is 44.5. The van der Waals surface area contributed by atoms with Crippen LogP contribution in [0.1, 0.15) is 150 Å². The number of carbonyl (C=O) groups is 2.